The van der Waals surface area contributed by atoms with E-state index in [0.29, 0.717) is 6.04 Å². The molecule has 126 valence electrons. The fourth-order valence-corrected chi connectivity index (χ4v) is 3.97. The first-order valence-corrected chi connectivity index (χ1v) is 8.59. The average Bonchev–Trinajstić information content (AvgIpc) is 3.26. The topological polar surface area (TPSA) is 56.7 Å². The van der Waals surface area contributed by atoms with Crippen LogP contribution in [0.4, 0.5) is 4.39 Å². The van der Waals surface area contributed by atoms with Crippen LogP contribution >= 0.6 is 23.7 Å². The zero-order valence-corrected chi connectivity index (χ0v) is 14.6. The molecule has 0 spiro atoms. The fourth-order valence-electron chi connectivity index (χ4n) is 3.15. The monoisotopic (exact) mass is 364 g/mol. The minimum Gasteiger partial charge on any atom is -0.328 e. The Morgan fingerprint density at radius 1 is 1.21 bits per heavy atom. The van der Waals surface area contributed by atoms with E-state index in [-0.39, 0.29) is 24.3 Å². The standard InChI is InChI=1S/C17H17FN4S.ClH/c18-12-3-1-11(2-4-12)15-10-23-17(21-15)16-20-7-8-22(16)14-6-5-13(19)9-14;/h1-4,7-8,10,13-14H,5-6,9,19H2;1H/t13-,14-;/m1./s1. The highest BCUT2D eigenvalue weighted by Crippen LogP contribution is 2.34. The highest BCUT2D eigenvalue weighted by atomic mass is 35.5. The molecule has 0 unspecified atom stereocenters. The maximum absolute atomic E-state index is 13.0. The SMILES string of the molecule is Cl.N[C@@H]1CC[C@@H](n2ccnc2-c2nc(-c3ccc(F)cc3)cs2)C1. The first-order valence-electron chi connectivity index (χ1n) is 7.71. The van der Waals surface area contributed by atoms with Gasteiger partial charge in [0.05, 0.1) is 5.69 Å². The lowest BCUT2D eigenvalue weighted by molar-refractivity contribution is 0.514. The van der Waals surface area contributed by atoms with Crippen molar-refractivity contribution in [1.82, 2.24) is 14.5 Å². The summed E-state index contributed by atoms with van der Waals surface area (Å²) in [6, 6.07) is 7.08. The molecule has 1 aromatic carbocycles. The molecule has 2 N–H and O–H groups in total. The Morgan fingerprint density at radius 3 is 2.71 bits per heavy atom. The minimum atomic E-state index is -0.239. The molecule has 1 fully saturated rings. The molecule has 3 aromatic rings. The maximum atomic E-state index is 13.0. The van der Waals surface area contributed by atoms with E-state index in [9.17, 15) is 4.39 Å². The normalized spacial score (nSPS) is 20.1. The Kier molecular flexibility index (Phi) is 4.99. The first-order chi connectivity index (χ1) is 11.2. The molecule has 4 nitrogen and oxygen atoms in total. The summed E-state index contributed by atoms with van der Waals surface area (Å²) in [5.74, 6) is 0.653. The van der Waals surface area contributed by atoms with Gasteiger partial charge in [-0.3, -0.25) is 0 Å². The predicted octanol–water partition coefficient (Wildman–Crippen LogP) is 4.29. The average molecular weight is 365 g/mol. The quantitative estimate of drug-likeness (QED) is 0.754. The summed E-state index contributed by atoms with van der Waals surface area (Å²) in [5.41, 5.74) is 7.80. The Bertz CT molecular complexity index is 814. The van der Waals surface area contributed by atoms with Crippen molar-refractivity contribution in [2.45, 2.75) is 31.3 Å². The largest absolute Gasteiger partial charge is 0.328 e. The summed E-state index contributed by atoms with van der Waals surface area (Å²) in [5, 5.41) is 2.87. The number of aromatic nitrogens is 3. The molecule has 0 amide bonds. The molecule has 1 saturated carbocycles. The summed E-state index contributed by atoms with van der Waals surface area (Å²) in [6.07, 6.45) is 6.95. The number of halogens is 2. The van der Waals surface area contributed by atoms with Gasteiger partial charge in [-0.05, 0) is 43.5 Å². The van der Waals surface area contributed by atoms with Gasteiger partial charge in [-0.25, -0.2) is 14.4 Å². The van der Waals surface area contributed by atoms with Gasteiger partial charge in [0.2, 0.25) is 0 Å². The Hall–Kier alpha value is -1.76. The molecule has 1 aliphatic carbocycles. The Labute approximate surface area is 150 Å². The molecule has 24 heavy (non-hydrogen) atoms. The van der Waals surface area contributed by atoms with Gasteiger partial charge < -0.3 is 10.3 Å². The summed E-state index contributed by atoms with van der Waals surface area (Å²) in [6.45, 7) is 0. The highest BCUT2D eigenvalue weighted by Gasteiger charge is 2.25. The van der Waals surface area contributed by atoms with Gasteiger partial charge in [0, 0.05) is 35.4 Å². The number of benzene rings is 1. The smallest absolute Gasteiger partial charge is 0.169 e. The van der Waals surface area contributed by atoms with Crippen LogP contribution < -0.4 is 5.73 Å². The van der Waals surface area contributed by atoms with Crippen LogP contribution in [0.1, 0.15) is 25.3 Å². The molecule has 0 bridgehead atoms. The second-order valence-electron chi connectivity index (χ2n) is 5.93. The van der Waals surface area contributed by atoms with Crippen LogP contribution in [-0.4, -0.2) is 20.6 Å². The van der Waals surface area contributed by atoms with Crippen molar-refractivity contribution < 1.29 is 4.39 Å². The number of thiazole rings is 1. The van der Waals surface area contributed by atoms with Crippen molar-refractivity contribution in [3.63, 3.8) is 0 Å². The van der Waals surface area contributed by atoms with Crippen molar-refractivity contribution in [3.8, 4) is 22.1 Å². The lowest BCUT2D eigenvalue weighted by Crippen LogP contribution is -2.16. The second kappa shape index (κ2) is 7.01. The number of hydrogen-bond acceptors (Lipinski definition) is 4. The molecule has 0 radical (unpaired) electrons. The number of imidazole rings is 1. The molecule has 2 atom stereocenters. The fraction of sp³-hybridized carbons (Fsp3) is 0.294. The van der Waals surface area contributed by atoms with Crippen LogP contribution in [0.2, 0.25) is 0 Å². The van der Waals surface area contributed by atoms with E-state index >= 15 is 0 Å². The molecule has 0 aliphatic heterocycles. The summed E-state index contributed by atoms with van der Waals surface area (Å²) in [4.78, 5) is 9.17. The zero-order valence-electron chi connectivity index (χ0n) is 12.9. The third kappa shape index (κ3) is 3.22. The van der Waals surface area contributed by atoms with E-state index in [1.165, 1.54) is 12.1 Å². The lowest BCUT2D eigenvalue weighted by atomic mass is 10.2. The van der Waals surface area contributed by atoms with E-state index < -0.39 is 0 Å². The number of hydrogen-bond donors (Lipinski definition) is 1. The lowest BCUT2D eigenvalue weighted by Gasteiger charge is -2.13. The number of nitrogens with zero attached hydrogens (tertiary/aromatic N) is 3. The molecule has 0 saturated heterocycles. The van der Waals surface area contributed by atoms with Crippen molar-refractivity contribution in [1.29, 1.82) is 0 Å². The van der Waals surface area contributed by atoms with Crippen molar-refractivity contribution >= 4 is 23.7 Å². The predicted molar refractivity (Wildman–Crippen MR) is 96.8 cm³/mol. The van der Waals surface area contributed by atoms with Crippen LogP contribution in [0.3, 0.4) is 0 Å². The van der Waals surface area contributed by atoms with Gasteiger partial charge in [0.1, 0.15) is 5.82 Å². The van der Waals surface area contributed by atoms with E-state index in [0.717, 1.165) is 41.4 Å². The third-order valence-electron chi connectivity index (χ3n) is 4.34. The van der Waals surface area contributed by atoms with Crippen LogP contribution in [0.25, 0.3) is 22.1 Å². The van der Waals surface area contributed by atoms with E-state index in [4.69, 9.17) is 5.73 Å². The van der Waals surface area contributed by atoms with Crippen molar-refractivity contribution in [2.24, 2.45) is 5.73 Å². The van der Waals surface area contributed by atoms with Gasteiger partial charge in [-0.15, -0.1) is 23.7 Å². The summed E-state index contributed by atoms with van der Waals surface area (Å²) < 4.78 is 15.2. The summed E-state index contributed by atoms with van der Waals surface area (Å²) in [7, 11) is 0. The zero-order chi connectivity index (χ0) is 15.8. The second-order valence-corrected chi connectivity index (χ2v) is 6.79. The number of rotatable bonds is 3. The van der Waals surface area contributed by atoms with Crippen LogP contribution in [0.5, 0.6) is 0 Å². The Balaban J connectivity index is 0.00000169. The minimum absolute atomic E-state index is 0. The molecule has 2 heterocycles. The van der Waals surface area contributed by atoms with Crippen LogP contribution in [0.15, 0.2) is 42.0 Å². The first kappa shape index (κ1) is 17.1. The molecule has 2 aromatic heterocycles. The molecular weight excluding hydrogens is 347 g/mol. The molecule has 4 rings (SSSR count). The van der Waals surface area contributed by atoms with E-state index in [1.54, 1.807) is 23.5 Å². The summed E-state index contributed by atoms with van der Waals surface area (Å²) >= 11 is 1.56. The third-order valence-corrected chi connectivity index (χ3v) is 5.18. The van der Waals surface area contributed by atoms with Gasteiger partial charge in [0.15, 0.2) is 10.8 Å². The van der Waals surface area contributed by atoms with Gasteiger partial charge in [0.25, 0.3) is 0 Å². The Morgan fingerprint density at radius 2 is 2.00 bits per heavy atom. The van der Waals surface area contributed by atoms with Crippen LogP contribution in [0, 0.1) is 5.82 Å². The number of nitrogens with two attached hydrogens (primary N) is 1. The van der Waals surface area contributed by atoms with E-state index in [1.807, 2.05) is 17.8 Å². The maximum Gasteiger partial charge on any atom is 0.169 e. The highest BCUT2D eigenvalue weighted by molar-refractivity contribution is 7.13. The van der Waals surface area contributed by atoms with E-state index in [2.05, 4.69) is 14.5 Å². The molecule has 7 heteroatoms. The molecular formula is C17H18ClFN4S. The van der Waals surface area contributed by atoms with Crippen molar-refractivity contribution in [3.05, 3.63) is 47.9 Å². The van der Waals surface area contributed by atoms with Crippen molar-refractivity contribution in [2.75, 3.05) is 0 Å². The van der Waals surface area contributed by atoms with Crippen LogP contribution in [-0.2, 0) is 0 Å². The van der Waals surface area contributed by atoms with Gasteiger partial charge >= 0.3 is 0 Å². The molecule has 1 aliphatic rings. The van der Waals surface area contributed by atoms with Gasteiger partial charge in [-0.2, -0.15) is 0 Å². The van der Waals surface area contributed by atoms with Gasteiger partial charge in [-0.1, -0.05) is 0 Å².